The second-order valence-electron chi connectivity index (χ2n) is 3.76. The smallest absolute Gasteiger partial charge is 0.318 e. The van der Waals surface area contributed by atoms with Crippen molar-refractivity contribution < 1.29 is 19.4 Å². The number of carboxylic acids is 1. The van der Waals surface area contributed by atoms with Crippen molar-refractivity contribution in [2.75, 3.05) is 0 Å². The molecule has 2 unspecified atom stereocenters. The Morgan fingerprint density at radius 3 is 2.67 bits per heavy atom. The number of carbonyl (C=O) groups is 2. The van der Waals surface area contributed by atoms with E-state index in [1.807, 2.05) is 19.1 Å². The van der Waals surface area contributed by atoms with E-state index in [-0.39, 0.29) is 5.92 Å². The van der Waals surface area contributed by atoms with E-state index in [2.05, 4.69) is 0 Å². The fourth-order valence-electron chi connectivity index (χ4n) is 1.35. The van der Waals surface area contributed by atoms with Gasteiger partial charge in [0.25, 0.3) is 0 Å². The van der Waals surface area contributed by atoms with Crippen molar-refractivity contribution in [2.45, 2.75) is 25.9 Å². The Morgan fingerprint density at radius 2 is 2.13 bits per heavy atom. The van der Waals surface area contributed by atoms with Crippen molar-refractivity contribution in [3.8, 4) is 0 Å². The number of hydrogen-bond donors (Lipinski definition) is 1. The van der Waals surface area contributed by atoms with E-state index in [1.54, 1.807) is 19.1 Å². The van der Waals surface area contributed by atoms with Crippen LogP contribution in [0.5, 0.6) is 0 Å². The largest absolute Gasteiger partial charge is 0.481 e. The summed E-state index contributed by atoms with van der Waals surface area (Å²) in [6.07, 6.45) is 6.73. The van der Waals surface area contributed by atoms with Crippen LogP contribution in [-0.4, -0.2) is 22.6 Å². The average Bonchev–Trinajstić information content (AvgIpc) is 2.08. The molecule has 1 N–H and O–H groups in total. The summed E-state index contributed by atoms with van der Waals surface area (Å²) < 4.78 is 5.14. The van der Waals surface area contributed by atoms with E-state index >= 15 is 0 Å². The molecule has 0 aromatic rings. The fraction of sp³-hybridized carbons (Fsp3) is 0.455. The lowest BCUT2D eigenvalue weighted by atomic mass is 9.87. The molecule has 0 aromatic carbocycles. The number of hydrogen-bond acceptors (Lipinski definition) is 3. The van der Waals surface area contributed by atoms with Gasteiger partial charge in [0, 0.05) is 5.92 Å². The highest BCUT2D eigenvalue weighted by Crippen LogP contribution is 2.28. The second kappa shape index (κ2) is 4.29. The Balaban J connectivity index is 2.64. The molecule has 15 heavy (non-hydrogen) atoms. The van der Waals surface area contributed by atoms with Gasteiger partial charge in [-0.05, 0) is 13.0 Å². The van der Waals surface area contributed by atoms with Crippen molar-refractivity contribution in [1.82, 2.24) is 0 Å². The van der Waals surface area contributed by atoms with Crippen LogP contribution >= 0.6 is 0 Å². The van der Waals surface area contributed by atoms with Gasteiger partial charge in [0.1, 0.15) is 12.0 Å². The van der Waals surface area contributed by atoms with Gasteiger partial charge in [-0.25, -0.2) is 0 Å². The van der Waals surface area contributed by atoms with Crippen LogP contribution in [0.25, 0.3) is 0 Å². The minimum atomic E-state index is -1.17. The summed E-state index contributed by atoms with van der Waals surface area (Å²) in [5, 5.41) is 8.43. The third-order valence-corrected chi connectivity index (χ3v) is 2.47. The molecule has 2 atom stereocenters. The molecule has 0 saturated carbocycles. The van der Waals surface area contributed by atoms with Crippen LogP contribution in [0, 0.1) is 5.92 Å². The topological polar surface area (TPSA) is 63.6 Å². The van der Waals surface area contributed by atoms with Gasteiger partial charge in [-0.2, -0.15) is 0 Å². The zero-order valence-corrected chi connectivity index (χ0v) is 8.77. The molecule has 0 saturated heterocycles. The molecule has 0 bridgehead atoms. The van der Waals surface area contributed by atoms with Gasteiger partial charge in [0.05, 0.1) is 0 Å². The van der Waals surface area contributed by atoms with E-state index in [1.165, 1.54) is 0 Å². The molecule has 0 spiro atoms. The highest BCUT2D eigenvalue weighted by atomic mass is 16.6. The van der Waals surface area contributed by atoms with Crippen molar-refractivity contribution in [2.24, 2.45) is 5.92 Å². The van der Waals surface area contributed by atoms with E-state index in [9.17, 15) is 9.59 Å². The molecule has 0 fully saturated rings. The quantitative estimate of drug-likeness (QED) is 0.566. The molecular weight excluding hydrogens is 196 g/mol. The van der Waals surface area contributed by atoms with E-state index in [0.717, 1.165) is 0 Å². The van der Waals surface area contributed by atoms with Crippen molar-refractivity contribution in [3.05, 3.63) is 24.3 Å². The number of aliphatic carboxylic acids is 1. The lowest BCUT2D eigenvalue weighted by molar-refractivity contribution is -0.160. The number of allylic oxidation sites excluding steroid dienone is 2. The number of rotatable bonds is 3. The number of esters is 1. The molecular formula is C11H14O4. The Labute approximate surface area is 88.2 Å². The van der Waals surface area contributed by atoms with E-state index in [4.69, 9.17) is 9.84 Å². The summed E-state index contributed by atoms with van der Waals surface area (Å²) in [4.78, 5) is 21.5. The van der Waals surface area contributed by atoms with Crippen molar-refractivity contribution in [3.63, 3.8) is 0 Å². The first-order valence-corrected chi connectivity index (χ1v) is 4.74. The van der Waals surface area contributed by atoms with Crippen LogP contribution in [0.15, 0.2) is 24.3 Å². The molecule has 1 aliphatic carbocycles. The van der Waals surface area contributed by atoms with Crippen LogP contribution < -0.4 is 0 Å². The second-order valence-corrected chi connectivity index (χ2v) is 3.76. The lowest BCUT2D eigenvalue weighted by Gasteiger charge is -2.32. The Bertz CT molecular complexity index is 329. The molecule has 0 amide bonds. The molecule has 0 heterocycles. The number of carboxylic acid groups (broad SMARTS) is 1. The van der Waals surface area contributed by atoms with Crippen molar-refractivity contribution in [1.29, 1.82) is 0 Å². The molecule has 82 valence electrons. The van der Waals surface area contributed by atoms with Crippen LogP contribution in [0.3, 0.4) is 0 Å². The molecule has 1 rings (SSSR count). The number of ether oxygens (including phenoxy) is 1. The predicted molar refractivity (Wildman–Crippen MR) is 54.2 cm³/mol. The fourth-order valence-corrected chi connectivity index (χ4v) is 1.35. The maximum absolute atomic E-state index is 11.2. The van der Waals surface area contributed by atoms with Gasteiger partial charge in [0.15, 0.2) is 0 Å². The normalized spacial score (nSPS) is 28.8. The summed E-state index contributed by atoms with van der Waals surface area (Å²) >= 11 is 0. The molecule has 0 radical (unpaired) electrons. The predicted octanol–water partition coefficient (Wildman–Crippen LogP) is 1.53. The van der Waals surface area contributed by atoms with Crippen molar-refractivity contribution >= 4 is 11.9 Å². The summed E-state index contributed by atoms with van der Waals surface area (Å²) in [5.41, 5.74) is -0.735. The molecule has 4 heteroatoms. The van der Waals surface area contributed by atoms with Gasteiger partial charge in [-0.15, -0.1) is 0 Å². The Kier molecular flexibility index (Phi) is 3.29. The third-order valence-electron chi connectivity index (χ3n) is 2.47. The monoisotopic (exact) mass is 210 g/mol. The summed E-state index contributed by atoms with van der Waals surface area (Å²) in [5.74, 6) is -1.84. The molecule has 4 nitrogen and oxygen atoms in total. The lowest BCUT2D eigenvalue weighted by Crippen LogP contribution is -2.37. The Hall–Kier alpha value is -1.58. The van der Waals surface area contributed by atoms with Crippen LogP contribution in [0.1, 0.15) is 20.3 Å². The maximum Gasteiger partial charge on any atom is 0.318 e. The summed E-state index contributed by atoms with van der Waals surface area (Å²) in [6.45, 7) is 3.67. The standard InChI is InChI=1S/C11H14O4/c1-8-5-3-4-6-11(8,2)15-10(14)7-9(12)13/h3-6,8H,7H2,1-2H3,(H,12,13). The summed E-state index contributed by atoms with van der Waals surface area (Å²) in [6, 6.07) is 0. The highest BCUT2D eigenvalue weighted by molar-refractivity contribution is 5.90. The van der Waals surface area contributed by atoms with E-state index in [0.29, 0.717) is 0 Å². The first kappa shape index (κ1) is 11.5. The maximum atomic E-state index is 11.2. The van der Waals surface area contributed by atoms with Gasteiger partial charge in [-0.1, -0.05) is 25.2 Å². The first-order chi connectivity index (χ1) is 6.94. The minimum Gasteiger partial charge on any atom is -0.481 e. The highest BCUT2D eigenvalue weighted by Gasteiger charge is 2.32. The SMILES string of the molecule is CC1C=CC=CC1(C)OC(=O)CC(=O)O. The van der Waals surface area contributed by atoms with Crippen LogP contribution in [-0.2, 0) is 14.3 Å². The number of carbonyl (C=O) groups excluding carboxylic acids is 1. The van der Waals surface area contributed by atoms with Gasteiger partial charge >= 0.3 is 11.9 Å². The van der Waals surface area contributed by atoms with Gasteiger partial charge < -0.3 is 9.84 Å². The van der Waals surface area contributed by atoms with E-state index < -0.39 is 24.0 Å². The van der Waals surface area contributed by atoms with Gasteiger partial charge in [-0.3, -0.25) is 9.59 Å². The summed E-state index contributed by atoms with van der Waals surface area (Å²) in [7, 11) is 0. The third kappa shape index (κ3) is 2.94. The van der Waals surface area contributed by atoms with Gasteiger partial charge in [0.2, 0.25) is 0 Å². The average molecular weight is 210 g/mol. The first-order valence-electron chi connectivity index (χ1n) is 4.74. The molecule has 0 aliphatic heterocycles. The zero-order chi connectivity index (χ0) is 11.5. The van der Waals surface area contributed by atoms with Crippen LogP contribution in [0.4, 0.5) is 0 Å². The Morgan fingerprint density at radius 1 is 1.47 bits per heavy atom. The molecule has 0 aromatic heterocycles. The molecule has 1 aliphatic rings. The van der Waals surface area contributed by atoms with Crippen LogP contribution in [0.2, 0.25) is 0 Å². The zero-order valence-electron chi connectivity index (χ0n) is 8.77. The minimum absolute atomic E-state index is 0.0419.